The van der Waals surface area contributed by atoms with Gasteiger partial charge in [-0.25, -0.2) is 9.97 Å². The minimum Gasteiger partial charge on any atom is -0.396 e. The molecule has 0 aliphatic heterocycles. The Hall–Kier alpha value is -3.29. The first-order valence-electron chi connectivity index (χ1n) is 6.02. The zero-order valence-corrected chi connectivity index (χ0v) is 10.7. The first kappa shape index (κ1) is 12.7. The molecule has 0 amide bonds. The number of hydrogen-bond donors (Lipinski definition) is 1. The third-order valence-electron chi connectivity index (χ3n) is 2.86. The summed E-state index contributed by atoms with van der Waals surface area (Å²) in [5.74, 6) is 0.924. The molecule has 2 heterocycles. The van der Waals surface area contributed by atoms with Crippen molar-refractivity contribution in [2.24, 2.45) is 0 Å². The maximum Gasteiger partial charge on any atom is 0.269 e. The van der Waals surface area contributed by atoms with Gasteiger partial charge in [0.1, 0.15) is 6.33 Å². The highest BCUT2D eigenvalue weighted by Gasteiger charge is 2.10. The summed E-state index contributed by atoms with van der Waals surface area (Å²) >= 11 is 0. The highest BCUT2D eigenvalue weighted by molar-refractivity contribution is 5.58. The van der Waals surface area contributed by atoms with Gasteiger partial charge in [0.25, 0.3) is 5.69 Å². The Kier molecular flexibility index (Phi) is 3.03. The molecule has 0 atom stereocenters. The Labute approximate surface area is 119 Å². The third kappa shape index (κ3) is 2.41. The predicted molar refractivity (Wildman–Crippen MR) is 75.7 cm³/mol. The number of benzene rings is 1. The molecule has 0 saturated carbocycles. The number of nitrogen functional groups attached to an aromatic ring is 1. The molecule has 8 nitrogen and oxygen atoms in total. The molecule has 1 aromatic carbocycles. The number of nitrogens with zero attached hydrogens (tertiary/aromatic N) is 5. The lowest BCUT2D eigenvalue weighted by Crippen LogP contribution is -2.02. The highest BCUT2D eigenvalue weighted by atomic mass is 16.6. The molecule has 0 saturated heterocycles. The van der Waals surface area contributed by atoms with Crippen molar-refractivity contribution in [3.8, 4) is 17.2 Å². The predicted octanol–water partition coefficient (Wildman–Crippen LogP) is 1.82. The van der Waals surface area contributed by atoms with Crippen LogP contribution in [0.4, 0.5) is 11.4 Å². The van der Waals surface area contributed by atoms with Gasteiger partial charge in [-0.3, -0.25) is 10.1 Å². The third-order valence-corrected chi connectivity index (χ3v) is 2.86. The van der Waals surface area contributed by atoms with E-state index in [2.05, 4.69) is 15.1 Å². The van der Waals surface area contributed by atoms with Gasteiger partial charge in [0, 0.05) is 23.9 Å². The van der Waals surface area contributed by atoms with E-state index in [1.165, 1.54) is 23.1 Å². The fourth-order valence-electron chi connectivity index (χ4n) is 1.83. The van der Waals surface area contributed by atoms with E-state index in [-0.39, 0.29) is 5.69 Å². The van der Waals surface area contributed by atoms with Crippen molar-refractivity contribution in [1.82, 2.24) is 19.7 Å². The van der Waals surface area contributed by atoms with Crippen LogP contribution in [-0.2, 0) is 0 Å². The molecule has 3 rings (SSSR count). The van der Waals surface area contributed by atoms with E-state index < -0.39 is 4.92 Å². The number of hydrogen-bond acceptors (Lipinski definition) is 6. The lowest BCUT2D eigenvalue weighted by Gasteiger charge is -2.01. The van der Waals surface area contributed by atoms with Crippen LogP contribution in [0.3, 0.4) is 0 Å². The Morgan fingerprint density at radius 1 is 1.14 bits per heavy atom. The first-order valence-corrected chi connectivity index (χ1v) is 6.02. The van der Waals surface area contributed by atoms with Crippen LogP contribution in [0.2, 0.25) is 0 Å². The minimum absolute atomic E-state index is 0.0205. The topological polar surface area (TPSA) is 113 Å². The highest BCUT2D eigenvalue weighted by Crippen LogP contribution is 2.20. The van der Waals surface area contributed by atoms with E-state index in [0.717, 1.165) is 0 Å². The monoisotopic (exact) mass is 282 g/mol. The van der Waals surface area contributed by atoms with Gasteiger partial charge in [-0.05, 0) is 24.3 Å². The van der Waals surface area contributed by atoms with Crippen LogP contribution in [0, 0.1) is 10.1 Å². The normalized spacial score (nSPS) is 10.5. The molecular weight excluding hydrogens is 272 g/mol. The molecule has 3 aromatic rings. The van der Waals surface area contributed by atoms with Crippen LogP contribution < -0.4 is 5.73 Å². The molecule has 0 radical (unpaired) electrons. The molecule has 104 valence electrons. The van der Waals surface area contributed by atoms with Crippen LogP contribution in [0.25, 0.3) is 17.2 Å². The van der Waals surface area contributed by atoms with Crippen molar-refractivity contribution < 1.29 is 4.92 Å². The number of nitrogens with two attached hydrogens (primary N) is 1. The molecule has 0 aliphatic rings. The van der Waals surface area contributed by atoms with Crippen molar-refractivity contribution in [2.45, 2.75) is 0 Å². The Balaban J connectivity index is 1.95. The number of aromatic nitrogens is 4. The summed E-state index contributed by atoms with van der Waals surface area (Å²) in [6, 6.07) is 9.46. The van der Waals surface area contributed by atoms with Crippen LogP contribution in [0.15, 0.2) is 48.9 Å². The van der Waals surface area contributed by atoms with Gasteiger partial charge in [-0.15, -0.1) is 5.10 Å². The van der Waals surface area contributed by atoms with E-state index >= 15 is 0 Å². The van der Waals surface area contributed by atoms with E-state index in [1.54, 1.807) is 30.5 Å². The molecule has 0 spiro atoms. The molecule has 21 heavy (non-hydrogen) atoms. The lowest BCUT2D eigenvalue weighted by atomic mass is 10.2. The zero-order valence-electron chi connectivity index (χ0n) is 10.7. The van der Waals surface area contributed by atoms with Crippen molar-refractivity contribution in [2.75, 3.05) is 5.73 Å². The van der Waals surface area contributed by atoms with E-state index in [4.69, 9.17) is 5.73 Å². The summed E-state index contributed by atoms with van der Waals surface area (Å²) in [5, 5.41) is 14.9. The average Bonchev–Trinajstić information content (AvgIpc) is 2.97. The van der Waals surface area contributed by atoms with Crippen LogP contribution in [0.5, 0.6) is 0 Å². The van der Waals surface area contributed by atoms with Crippen molar-refractivity contribution in [1.29, 1.82) is 0 Å². The fraction of sp³-hybridized carbons (Fsp3) is 0. The Morgan fingerprint density at radius 2 is 1.90 bits per heavy atom. The largest absolute Gasteiger partial charge is 0.396 e. The first-order chi connectivity index (χ1) is 10.1. The van der Waals surface area contributed by atoms with Crippen LogP contribution in [-0.4, -0.2) is 24.7 Å². The fourth-order valence-corrected chi connectivity index (χ4v) is 1.83. The summed E-state index contributed by atoms with van der Waals surface area (Å²) in [6.07, 6.45) is 3.11. The van der Waals surface area contributed by atoms with E-state index in [1.807, 2.05) is 0 Å². The van der Waals surface area contributed by atoms with Crippen molar-refractivity contribution in [3.63, 3.8) is 0 Å². The second-order valence-electron chi connectivity index (χ2n) is 4.23. The summed E-state index contributed by atoms with van der Waals surface area (Å²) in [6.45, 7) is 0. The van der Waals surface area contributed by atoms with Crippen LogP contribution >= 0.6 is 0 Å². The molecular formula is C13H10N6O2. The van der Waals surface area contributed by atoms with E-state index in [9.17, 15) is 10.1 Å². The van der Waals surface area contributed by atoms with Gasteiger partial charge in [-0.1, -0.05) is 0 Å². The number of rotatable bonds is 3. The maximum absolute atomic E-state index is 10.6. The van der Waals surface area contributed by atoms with Gasteiger partial charge in [0.2, 0.25) is 0 Å². The van der Waals surface area contributed by atoms with E-state index in [0.29, 0.717) is 22.9 Å². The molecule has 8 heteroatoms. The second kappa shape index (κ2) is 5.00. The smallest absolute Gasteiger partial charge is 0.269 e. The summed E-state index contributed by atoms with van der Waals surface area (Å²) in [4.78, 5) is 18.5. The number of anilines is 1. The zero-order chi connectivity index (χ0) is 14.8. The molecule has 2 N–H and O–H groups in total. The number of pyridine rings is 1. The molecule has 0 fully saturated rings. The average molecular weight is 282 g/mol. The number of nitro benzene ring substituents is 1. The standard InChI is InChI=1S/C13H10N6O2/c14-11-2-1-7-15-13(11)18-8-16-12(17-18)9-3-5-10(6-4-9)19(20)21/h1-8H,14H2. The second-order valence-corrected chi connectivity index (χ2v) is 4.23. The van der Waals surface area contributed by atoms with Crippen molar-refractivity contribution >= 4 is 11.4 Å². The molecule has 2 aromatic heterocycles. The molecule has 0 unspecified atom stereocenters. The number of nitro groups is 1. The maximum atomic E-state index is 10.6. The molecule has 0 bridgehead atoms. The minimum atomic E-state index is -0.454. The summed E-state index contributed by atoms with van der Waals surface area (Å²) in [7, 11) is 0. The van der Waals surface area contributed by atoms with Gasteiger partial charge in [0.15, 0.2) is 11.6 Å². The lowest BCUT2D eigenvalue weighted by molar-refractivity contribution is -0.384. The van der Waals surface area contributed by atoms with Gasteiger partial charge < -0.3 is 5.73 Å². The number of non-ortho nitro benzene ring substituents is 1. The summed E-state index contributed by atoms with van der Waals surface area (Å²) in [5.41, 5.74) is 7.01. The van der Waals surface area contributed by atoms with Gasteiger partial charge >= 0.3 is 0 Å². The quantitative estimate of drug-likeness (QED) is 0.579. The Bertz CT molecular complexity index is 796. The van der Waals surface area contributed by atoms with Crippen molar-refractivity contribution in [3.05, 3.63) is 59.0 Å². The molecule has 0 aliphatic carbocycles. The SMILES string of the molecule is Nc1cccnc1-n1cnc(-c2ccc([N+](=O)[O-])cc2)n1. The summed E-state index contributed by atoms with van der Waals surface area (Å²) < 4.78 is 1.46. The van der Waals surface area contributed by atoms with Gasteiger partial charge in [-0.2, -0.15) is 4.68 Å². The van der Waals surface area contributed by atoms with Gasteiger partial charge in [0.05, 0.1) is 10.6 Å². The Morgan fingerprint density at radius 3 is 2.57 bits per heavy atom. The van der Waals surface area contributed by atoms with Crippen LogP contribution in [0.1, 0.15) is 0 Å².